The molecule has 43 heavy (non-hydrogen) atoms. The van der Waals surface area contributed by atoms with Crippen LogP contribution in [0.25, 0.3) is 0 Å². The molecule has 7 rings (SSSR count). The fourth-order valence-electron chi connectivity index (χ4n) is 5.20. The molecule has 6 bridgehead atoms. The summed E-state index contributed by atoms with van der Waals surface area (Å²) in [4.78, 5) is 14.4. The van der Waals surface area contributed by atoms with E-state index in [9.17, 15) is 0 Å². The zero-order chi connectivity index (χ0) is 29.6. The number of nitrogens with zero attached hydrogens (tertiary/aromatic N) is 4. The van der Waals surface area contributed by atoms with Crippen molar-refractivity contribution in [1.29, 1.82) is 0 Å². The van der Waals surface area contributed by atoms with Gasteiger partial charge in [0.05, 0.1) is 26.4 Å². The molecule has 11 heteroatoms. The maximum Gasteiger partial charge on any atom is 0.125 e. The van der Waals surface area contributed by atoms with Crippen LogP contribution in [0, 0.1) is 0 Å². The molecule has 1 fully saturated rings. The zero-order valence-corrected chi connectivity index (χ0v) is 26.0. The molecule has 2 aromatic rings. The summed E-state index contributed by atoms with van der Waals surface area (Å²) in [6.45, 7) is 15.6. The molecule has 0 aromatic carbocycles. The lowest BCUT2D eigenvalue weighted by Gasteiger charge is -2.25. The molecule has 2 unspecified atom stereocenters. The van der Waals surface area contributed by atoms with E-state index in [1.165, 1.54) is 11.1 Å². The summed E-state index contributed by atoms with van der Waals surface area (Å²) >= 11 is 0. The average molecular weight is 599 g/mol. The number of pyridine rings is 2. The molecule has 0 radical (unpaired) electrons. The molecule has 7 heterocycles. The van der Waals surface area contributed by atoms with Gasteiger partial charge in [0, 0.05) is 78.0 Å². The van der Waals surface area contributed by atoms with Gasteiger partial charge in [-0.2, -0.15) is 0 Å². The van der Waals surface area contributed by atoms with Crippen molar-refractivity contribution in [2.24, 2.45) is 0 Å². The molecule has 0 aliphatic carbocycles. The van der Waals surface area contributed by atoms with Crippen molar-refractivity contribution in [3.63, 3.8) is 0 Å². The predicted molar refractivity (Wildman–Crippen MR) is 173 cm³/mol. The Morgan fingerprint density at radius 2 is 0.953 bits per heavy atom. The minimum Gasteiger partial charge on any atom is -0.379 e. The van der Waals surface area contributed by atoms with Crippen molar-refractivity contribution in [3.8, 4) is 0 Å². The van der Waals surface area contributed by atoms with E-state index in [1.807, 2.05) is 12.4 Å². The maximum absolute atomic E-state index is 5.69. The van der Waals surface area contributed by atoms with Gasteiger partial charge in [0.15, 0.2) is 0 Å². The van der Waals surface area contributed by atoms with E-state index in [2.05, 4.69) is 65.3 Å². The summed E-state index contributed by atoms with van der Waals surface area (Å²) in [6.07, 6.45) is 8.13. The molecule has 0 saturated carbocycles. The minimum absolute atomic E-state index is 0.588. The highest BCUT2D eigenvalue weighted by Gasteiger charge is 2.10. The van der Waals surface area contributed by atoms with Gasteiger partial charge < -0.3 is 35.5 Å². The Balaban J connectivity index is 1.29. The largest absolute Gasteiger partial charge is 0.379 e. The summed E-state index contributed by atoms with van der Waals surface area (Å²) in [6, 6.07) is 8.58. The Kier molecular flexibility index (Phi) is 16.6. The zero-order valence-electron chi connectivity index (χ0n) is 26.0. The standard InChI is InChI=1S/C32H54N8O3/c1-9-33-13-18-40-16-2-10-34-14-17-39(15-1)27-29-5-7-31(37-25-29)35-11-3-19-41-21-23-43-24-22-42-20-4-12-36-32-8-6-30(28-40)26-38-32/h5-8,25-26,33-34H,1-4,9-24,27-28H2,(H,35,37)(H,36,38). The van der Waals surface area contributed by atoms with Gasteiger partial charge in [0.1, 0.15) is 11.6 Å². The fraction of sp³-hybridized carbons (Fsp3) is 0.688. The predicted octanol–water partition coefficient (Wildman–Crippen LogP) is 2.42. The Morgan fingerprint density at radius 3 is 1.40 bits per heavy atom. The molecule has 5 aliphatic heterocycles. The summed E-state index contributed by atoms with van der Waals surface area (Å²) in [5, 5.41) is 14.2. The molecule has 0 amide bonds. The van der Waals surface area contributed by atoms with Crippen LogP contribution in [0.4, 0.5) is 11.6 Å². The van der Waals surface area contributed by atoms with Crippen LogP contribution in [0.3, 0.4) is 0 Å². The molecule has 240 valence electrons. The normalized spacial score (nSPS) is 24.0. The summed E-state index contributed by atoms with van der Waals surface area (Å²) in [7, 11) is 0. The second-order valence-electron chi connectivity index (χ2n) is 11.3. The molecule has 2 atom stereocenters. The first-order chi connectivity index (χ1) is 21.3. The third-order valence-electron chi connectivity index (χ3n) is 7.61. The molecular weight excluding hydrogens is 544 g/mol. The van der Waals surface area contributed by atoms with Crippen LogP contribution in [-0.2, 0) is 27.3 Å². The van der Waals surface area contributed by atoms with Crippen molar-refractivity contribution in [2.45, 2.75) is 38.8 Å². The quantitative estimate of drug-likeness (QED) is 0.359. The van der Waals surface area contributed by atoms with Gasteiger partial charge in [-0.25, -0.2) is 9.97 Å². The van der Waals surface area contributed by atoms with Crippen LogP contribution in [0.1, 0.15) is 36.8 Å². The van der Waals surface area contributed by atoms with E-state index in [1.54, 1.807) is 0 Å². The smallest absolute Gasteiger partial charge is 0.125 e. The fourth-order valence-corrected chi connectivity index (χ4v) is 5.20. The highest BCUT2D eigenvalue weighted by molar-refractivity contribution is 5.36. The van der Waals surface area contributed by atoms with Crippen LogP contribution >= 0.6 is 0 Å². The molecule has 11 nitrogen and oxygen atoms in total. The Morgan fingerprint density at radius 1 is 0.488 bits per heavy atom. The Hall–Kier alpha value is -2.38. The van der Waals surface area contributed by atoms with Crippen molar-refractivity contribution in [2.75, 3.05) is 116 Å². The van der Waals surface area contributed by atoms with E-state index in [0.29, 0.717) is 39.6 Å². The first kappa shape index (κ1) is 33.5. The highest BCUT2D eigenvalue weighted by atomic mass is 16.5. The number of rotatable bonds is 0. The van der Waals surface area contributed by atoms with Crippen molar-refractivity contribution >= 4 is 11.6 Å². The first-order valence-corrected chi connectivity index (χ1v) is 16.3. The monoisotopic (exact) mass is 598 g/mol. The second-order valence-corrected chi connectivity index (χ2v) is 11.3. The number of anilines is 2. The molecule has 1 saturated heterocycles. The van der Waals surface area contributed by atoms with E-state index in [4.69, 9.17) is 14.2 Å². The molecular formula is C32H54N8O3. The molecule has 5 aliphatic rings. The van der Waals surface area contributed by atoms with E-state index in [-0.39, 0.29) is 0 Å². The van der Waals surface area contributed by atoms with Gasteiger partial charge in [-0.05, 0) is 75.1 Å². The van der Waals surface area contributed by atoms with Gasteiger partial charge in [0.25, 0.3) is 0 Å². The third-order valence-corrected chi connectivity index (χ3v) is 7.61. The van der Waals surface area contributed by atoms with Crippen LogP contribution in [0.15, 0.2) is 36.7 Å². The third kappa shape index (κ3) is 14.8. The van der Waals surface area contributed by atoms with Gasteiger partial charge in [-0.1, -0.05) is 12.1 Å². The number of hydrogen-bond acceptors (Lipinski definition) is 11. The number of fused-ring (bicyclic) bond motifs is 7. The van der Waals surface area contributed by atoms with E-state index in [0.717, 1.165) is 116 Å². The highest BCUT2D eigenvalue weighted by Crippen LogP contribution is 2.10. The average Bonchev–Trinajstić information content (AvgIpc) is 3.02. The lowest BCUT2D eigenvalue weighted by Crippen LogP contribution is -2.38. The van der Waals surface area contributed by atoms with Gasteiger partial charge in [0.2, 0.25) is 0 Å². The van der Waals surface area contributed by atoms with Crippen LogP contribution < -0.4 is 21.3 Å². The Bertz CT molecular complexity index is 873. The molecule has 2 aromatic heterocycles. The first-order valence-electron chi connectivity index (χ1n) is 16.3. The summed E-state index contributed by atoms with van der Waals surface area (Å²) < 4.78 is 17.0. The van der Waals surface area contributed by atoms with Crippen LogP contribution in [0.2, 0.25) is 0 Å². The van der Waals surface area contributed by atoms with Crippen LogP contribution in [0.5, 0.6) is 0 Å². The number of nitrogens with one attached hydrogen (secondary N) is 4. The minimum atomic E-state index is 0.588. The number of ether oxygens (including phenoxy) is 3. The molecule has 4 N–H and O–H groups in total. The van der Waals surface area contributed by atoms with Crippen molar-refractivity contribution in [1.82, 2.24) is 30.4 Å². The van der Waals surface area contributed by atoms with Gasteiger partial charge >= 0.3 is 0 Å². The van der Waals surface area contributed by atoms with Crippen molar-refractivity contribution in [3.05, 3.63) is 47.8 Å². The summed E-state index contributed by atoms with van der Waals surface area (Å²) in [5.74, 6) is 1.83. The second kappa shape index (κ2) is 21.3. The van der Waals surface area contributed by atoms with Crippen LogP contribution in [-0.4, -0.2) is 125 Å². The number of aromatic nitrogens is 2. The summed E-state index contributed by atoms with van der Waals surface area (Å²) in [5.41, 5.74) is 2.51. The van der Waals surface area contributed by atoms with Gasteiger partial charge in [-0.15, -0.1) is 0 Å². The SMILES string of the molecule is c1cc2ncc1CN1CCCNCCN(CCCNCC1)Cc1ccc(nc1)NCCCOCCOCCOCCCN2. The lowest BCUT2D eigenvalue weighted by atomic mass is 10.2. The van der Waals surface area contributed by atoms with E-state index >= 15 is 0 Å². The Labute approximate surface area is 258 Å². The topological polar surface area (TPSA) is 108 Å². The van der Waals surface area contributed by atoms with Gasteiger partial charge in [-0.3, -0.25) is 9.80 Å². The van der Waals surface area contributed by atoms with Crippen molar-refractivity contribution < 1.29 is 14.2 Å². The van der Waals surface area contributed by atoms with E-state index < -0.39 is 0 Å². The number of hydrogen-bond donors (Lipinski definition) is 4. The molecule has 0 spiro atoms. The lowest BCUT2D eigenvalue weighted by molar-refractivity contribution is 0.0145. The maximum atomic E-state index is 5.69.